The highest BCUT2D eigenvalue weighted by Gasteiger charge is 2.12. The highest BCUT2D eigenvalue weighted by molar-refractivity contribution is 5.80. The molecule has 0 bridgehead atoms. The minimum absolute atomic E-state index is 0.0734. The summed E-state index contributed by atoms with van der Waals surface area (Å²) in [6.07, 6.45) is 1.09. The maximum absolute atomic E-state index is 13.6. The molecule has 0 aliphatic carbocycles. The molecule has 23 heavy (non-hydrogen) atoms. The average molecular weight is 314 g/mol. The van der Waals surface area contributed by atoms with Gasteiger partial charge in [-0.3, -0.25) is 9.59 Å². The quantitative estimate of drug-likeness (QED) is 0.545. The second-order valence-corrected chi connectivity index (χ2v) is 4.71. The third-order valence-corrected chi connectivity index (χ3v) is 3.03. The Bertz CT molecular complexity index is 945. The fourth-order valence-electron chi connectivity index (χ4n) is 2.04. The van der Waals surface area contributed by atoms with Crippen LogP contribution >= 0.6 is 0 Å². The van der Waals surface area contributed by atoms with Gasteiger partial charge in [-0.1, -0.05) is 12.1 Å². The molecule has 0 N–H and O–H groups in total. The van der Waals surface area contributed by atoms with Crippen molar-refractivity contribution >= 4 is 16.9 Å². The zero-order valence-electron chi connectivity index (χ0n) is 12.0. The van der Waals surface area contributed by atoms with Gasteiger partial charge in [0.25, 0.3) is 0 Å². The molecule has 5 nitrogen and oxygen atoms in total. The monoisotopic (exact) mass is 314 g/mol. The van der Waals surface area contributed by atoms with E-state index in [0.29, 0.717) is 0 Å². The van der Waals surface area contributed by atoms with Crippen molar-refractivity contribution in [1.82, 2.24) is 0 Å². The van der Waals surface area contributed by atoms with E-state index < -0.39 is 17.2 Å². The van der Waals surface area contributed by atoms with Gasteiger partial charge in [-0.15, -0.1) is 0 Å². The van der Waals surface area contributed by atoms with Gasteiger partial charge in [0.05, 0.1) is 5.39 Å². The molecule has 0 aliphatic rings. The van der Waals surface area contributed by atoms with Gasteiger partial charge in [-0.25, -0.2) is 4.39 Å². The number of ether oxygens (including phenoxy) is 2. The normalized spacial score (nSPS) is 10.5. The number of hydrogen-bond donors (Lipinski definition) is 0. The summed E-state index contributed by atoms with van der Waals surface area (Å²) in [5.41, 5.74) is -0.224. The Labute approximate surface area is 129 Å². The van der Waals surface area contributed by atoms with Crippen molar-refractivity contribution in [2.75, 3.05) is 0 Å². The topological polar surface area (TPSA) is 65.7 Å². The fourth-order valence-corrected chi connectivity index (χ4v) is 2.04. The third-order valence-electron chi connectivity index (χ3n) is 3.03. The lowest BCUT2D eigenvalue weighted by molar-refractivity contribution is -0.131. The molecule has 1 heterocycles. The van der Waals surface area contributed by atoms with Crippen molar-refractivity contribution in [2.45, 2.75) is 6.92 Å². The Balaban J connectivity index is 2.01. The molecule has 1 aromatic heterocycles. The molecule has 2 aromatic carbocycles. The van der Waals surface area contributed by atoms with Gasteiger partial charge in [-0.05, 0) is 24.3 Å². The van der Waals surface area contributed by atoms with Gasteiger partial charge >= 0.3 is 5.97 Å². The predicted molar refractivity (Wildman–Crippen MR) is 80.3 cm³/mol. The minimum Gasteiger partial charge on any atom is -0.460 e. The summed E-state index contributed by atoms with van der Waals surface area (Å²) in [7, 11) is 0. The van der Waals surface area contributed by atoms with E-state index in [1.165, 1.54) is 43.3 Å². The van der Waals surface area contributed by atoms with E-state index in [2.05, 4.69) is 0 Å². The summed E-state index contributed by atoms with van der Waals surface area (Å²) >= 11 is 0. The van der Waals surface area contributed by atoms with Crippen LogP contribution in [0.1, 0.15) is 6.92 Å². The highest BCUT2D eigenvalue weighted by Crippen LogP contribution is 2.25. The molecule has 0 amide bonds. The van der Waals surface area contributed by atoms with Crippen LogP contribution in [-0.2, 0) is 4.79 Å². The lowest BCUT2D eigenvalue weighted by atomic mass is 10.2. The summed E-state index contributed by atoms with van der Waals surface area (Å²) in [6.45, 7) is 1.27. The van der Waals surface area contributed by atoms with Crippen molar-refractivity contribution < 1.29 is 23.1 Å². The Morgan fingerprint density at radius 1 is 1.13 bits per heavy atom. The Morgan fingerprint density at radius 2 is 1.91 bits per heavy atom. The number of esters is 1. The van der Waals surface area contributed by atoms with E-state index in [0.717, 1.165) is 6.26 Å². The fraction of sp³-hybridized carbons (Fsp3) is 0.0588. The number of carbonyl (C=O) groups is 1. The summed E-state index contributed by atoms with van der Waals surface area (Å²) in [5, 5.41) is 0.231. The number of para-hydroxylation sites is 1. The maximum atomic E-state index is 13.6. The van der Waals surface area contributed by atoms with E-state index in [1.807, 2.05) is 0 Å². The molecule has 0 radical (unpaired) electrons. The first-order chi connectivity index (χ1) is 11.0. The van der Waals surface area contributed by atoms with Crippen molar-refractivity contribution in [1.29, 1.82) is 0 Å². The van der Waals surface area contributed by atoms with Crippen LogP contribution in [-0.4, -0.2) is 5.97 Å². The first kappa shape index (κ1) is 14.8. The highest BCUT2D eigenvalue weighted by atomic mass is 19.1. The summed E-state index contributed by atoms with van der Waals surface area (Å²) < 4.78 is 29.1. The zero-order valence-corrected chi connectivity index (χ0v) is 12.0. The van der Waals surface area contributed by atoms with Gasteiger partial charge in [0.2, 0.25) is 11.2 Å². The van der Waals surface area contributed by atoms with Crippen LogP contribution < -0.4 is 14.9 Å². The first-order valence-corrected chi connectivity index (χ1v) is 6.71. The SMILES string of the molecule is CC(=O)Oc1ccc2c(=O)c(Oc3ccccc3F)coc2c1. The lowest BCUT2D eigenvalue weighted by Gasteiger charge is -2.07. The molecule has 3 aromatic rings. The van der Waals surface area contributed by atoms with Crippen LogP contribution in [0.15, 0.2) is 57.9 Å². The van der Waals surface area contributed by atoms with Gasteiger partial charge in [0.15, 0.2) is 11.6 Å². The Kier molecular flexibility index (Phi) is 3.80. The molecule has 116 valence electrons. The summed E-state index contributed by atoms with van der Waals surface area (Å²) in [6, 6.07) is 10.1. The number of benzene rings is 2. The number of hydrogen-bond acceptors (Lipinski definition) is 5. The van der Waals surface area contributed by atoms with Gasteiger partial charge in [0, 0.05) is 13.0 Å². The van der Waals surface area contributed by atoms with Crippen molar-refractivity contribution in [3.63, 3.8) is 0 Å². The molecule has 0 saturated heterocycles. The number of rotatable bonds is 3. The molecule has 0 unspecified atom stereocenters. The second kappa shape index (κ2) is 5.92. The first-order valence-electron chi connectivity index (χ1n) is 6.71. The molecular formula is C17H11FO5. The molecule has 6 heteroatoms. The predicted octanol–water partition coefficient (Wildman–Crippen LogP) is 3.65. The summed E-state index contributed by atoms with van der Waals surface area (Å²) in [5.74, 6) is -1.02. The van der Waals surface area contributed by atoms with Crippen LogP contribution in [0.2, 0.25) is 0 Å². The third kappa shape index (κ3) is 3.06. The number of halogens is 1. The van der Waals surface area contributed by atoms with Gasteiger partial charge < -0.3 is 13.9 Å². The lowest BCUT2D eigenvalue weighted by Crippen LogP contribution is -2.06. The molecular weight excluding hydrogens is 303 g/mol. The molecule has 0 atom stereocenters. The molecule has 0 saturated carbocycles. The number of carbonyl (C=O) groups excluding carboxylic acids is 1. The van der Waals surface area contributed by atoms with Gasteiger partial charge in [0.1, 0.15) is 17.6 Å². The van der Waals surface area contributed by atoms with Crippen molar-refractivity contribution in [3.8, 4) is 17.2 Å². The zero-order chi connectivity index (χ0) is 16.4. The Hall–Kier alpha value is -3.15. The maximum Gasteiger partial charge on any atom is 0.308 e. The van der Waals surface area contributed by atoms with Crippen molar-refractivity contribution in [3.05, 3.63) is 64.8 Å². The smallest absolute Gasteiger partial charge is 0.308 e. The van der Waals surface area contributed by atoms with E-state index in [-0.39, 0.29) is 28.2 Å². The van der Waals surface area contributed by atoms with Crippen LogP contribution in [0.4, 0.5) is 4.39 Å². The Morgan fingerprint density at radius 3 is 2.65 bits per heavy atom. The van der Waals surface area contributed by atoms with Crippen LogP contribution in [0.5, 0.6) is 17.2 Å². The summed E-state index contributed by atoms with van der Waals surface area (Å²) in [4.78, 5) is 23.3. The minimum atomic E-state index is -0.586. The second-order valence-electron chi connectivity index (χ2n) is 4.71. The molecule has 3 rings (SSSR count). The van der Waals surface area contributed by atoms with Crippen LogP contribution in [0, 0.1) is 5.82 Å². The molecule has 0 fully saturated rings. The number of fused-ring (bicyclic) bond motifs is 1. The van der Waals surface area contributed by atoms with E-state index in [4.69, 9.17) is 13.9 Å². The molecule has 0 spiro atoms. The largest absolute Gasteiger partial charge is 0.460 e. The van der Waals surface area contributed by atoms with Crippen LogP contribution in [0.25, 0.3) is 11.0 Å². The molecule has 0 aliphatic heterocycles. The van der Waals surface area contributed by atoms with E-state index in [9.17, 15) is 14.0 Å². The van der Waals surface area contributed by atoms with Crippen molar-refractivity contribution in [2.24, 2.45) is 0 Å². The van der Waals surface area contributed by atoms with E-state index in [1.54, 1.807) is 6.07 Å². The van der Waals surface area contributed by atoms with Crippen LogP contribution in [0.3, 0.4) is 0 Å². The standard InChI is InChI=1S/C17H11FO5/c1-10(19)22-11-6-7-12-15(8-11)21-9-16(17(12)20)23-14-5-3-2-4-13(14)18/h2-9H,1H3. The average Bonchev–Trinajstić information content (AvgIpc) is 2.51. The van der Waals surface area contributed by atoms with E-state index >= 15 is 0 Å². The van der Waals surface area contributed by atoms with Gasteiger partial charge in [-0.2, -0.15) is 0 Å².